The van der Waals surface area contributed by atoms with E-state index in [1.807, 2.05) is 24.3 Å². The summed E-state index contributed by atoms with van der Waals surface area (Å²) in [6.45, 7) is 5.16. The number of hydrogen-bond acceptors (Lipinski definition) is 3. The van der Waals surface area contributed by atoms with Gasteiger partial charge in [0.05, 0.1) is 24.3 Å². The van der Waals surface area contributed by atoms with Gasteiger partial charge in [-0.05, 0) is 25.5 Å². The first-order chi connectivity index (χ1) is 10.7. The van der Waals surface area contributed by atoms with Crippen molar-refractivity contribution >= 4 is 0 Å². The molecule has 0 amide bonds. The fourth-order valence-electron chi connectivity index (χ4n) is 2.91. The minimum Gasteiger partial charge on any atom is -0.348 e. The Bertz CT molecular complexity index is 477. The molecule has 1 fully saturated rings. The molecule has 1 heterocycles. The number of hydrogen-bond donors (Lipinski definition) is 0. The Morgan fingerprint density at radius 2 is 1.86 bits per heavy atom. The molecule has 0 saturated carbocycles. The Morgan fingerprint density at radius 1 is 1.14 bits per heavy atom. The monoisotopic (exact) mass is 301 g/mol. The lowest BCUT2D eigenvalue weighted by Crippen LogP contribution is -2.34. The Labute approximate surface area is 134 Å². The number of benzene rings is 1. The maximum absolute atomic E-state index is 8.84. The fourth-order valence-corrected chi connectivity index (χ4v) is 2.91. The maximum atomic E-state index is 8.84. The maximum Gasteiger partial charge on any atom is 0.184 e. The average molecular weight is 301 g/mol. The lowest BCUT2D eigenvalue weighted by molar-refractivity contribution is -0.237. The van der Waals surface area contributed by atoms with Crippen molar-refractivity contribution in [1.29, 1.82) is 5.26 Å². The number of ether oxygens (including phenoxy) is 2. The summed E-state index contributed by atoms with van der Waals surface area (Å²) in [7, 11) is 0. The molecule has 3 nitrogen and oxygen atoms in total. The molecule has 0 aromatic heterocycles. The van der Waals surface area contributed by atoms with E-state index in [4.69, 9.17) is 14.7 Å². The fraction of sp³-hybridized carbons (Fsp3) is 0.632. The van der Waals surface area contributed by atoms with Crippen LogP contribution in [0, 0.1) is 17.2 Å². The summed E-state index contributed by atoms with van der Waals surface area (Å²) in [5, 5.41) is 8.84. The van der Waals surface area contributed by atoms with Crippen molar-refractivity contribution in [3.8, 4) is 6.07 Å². The van der Waals surface area contributed by atoms with Crippen molar-refractivity contribution in [3.05, 3.63) is 35.4 Å². The molecule has 2 rings (SSSR count). The van der Waals surface area contributed by atoms with Gasteiger partial charge in [0.2, 0.25) is 0 Å². The highest BCUT2D eigenvalue weighted by molar-refractivity contribution is 5.32. The molecule has 1 aliphatic rings. The van der Waals surface area contributed by atoms with Gasteiger partial charge in [-0.3, -0.25) is 0 Å². The van der Waals surface area contributed by atoms with Gasteiger partial charge >= 0.3 is 0 Å². The smallest absolute Gasteiger partial charge is 0.184 e. The first-order valence-electron chi connectivity index (χ1n) is 8.51. The van der Waals surface area contributed by atoms with E-state index >= 15 is 0 Å². The molecule has 0 N–H and O–H groups in total. The van der Waals surface area contributed by atoms with Crippen LogP contribution in [0.1, 0.15) is 69.8 Å². The zero-order valence-electron chi connectivity index (χ0n) is 13.8. The van der Waals surface area contributed by atoms with Crippen LogP contribution in [0.5, 0.6) is 0 Å². The van der Waals surface area contributed by atoms with E-state index < -0.39 is 0 Å². The van der Waals surface area contributed by atoms with Crippen LogP contribution in [0.3, 0.4) is 0 Å². The van der Waals surface area contributed by atoms with Gasteiger partial charge in [-0.1, -0.05) is 51.2 Å². The summed E-state index contributed by atoms with van der Waals surface area (Å²) in [6.07, 6.45) is 7.67. The lowest BCUT2D eigenvalue weighted by Gasteiger charge is -2.35. The first-order valence-corrected chi connectivity index (χ1v) is 8.51. The number of unbranched alkanes of at least 4 members (excludes halogenated alkanes) is 4. The molecule has 3 atom stereocenters. The molecule has 1 saturated heterocycles. The van der Waals surface area contributed by atoms with Gasteiger partial charge in [0.25, 0.3) is 0 Å². The van der Waals surface area contributed by atoms with Crippen LogP contribution in [0.25, 0.3) is 0 Å². The standard InChI is InChI=1S/C19H27NO2/c1-3-4-5-6-7-8-18-14-21-19(22-15(18)2)17-11-9-16(13-20)10-12-17/h9-12,15,18-19H,3-8,14H2,1-2H3. The Hall–Kier alpha value is -1.37. The third kappa shape index (κ3) is 4.83. The normalized spacial score (nSPS) is 24.9. The van der Waals surface area contributed by atoms with Gasteiger partial charge in [-0.25, -0.2) is 0 Å². The summed E-state index contributed by atoms with van der Waals surface area (Å²) in [5.41, 5.74) is 1.66. The van der Waals surface area contributed by atoms with Gasteiger partial charge in [-0.2, -0.15) is 5.26 Å². The molecule has 3 heteroatoms. The molecule has 0 aliphatic carbocycles. The van der Waals surface area contributed by atoms with Crippen LogP contribution < -0.4 is 0 Å². The topological polar surface area (TPSA) is 42.2 Å². The van der Waals surface area contributed by atoms with Gasteiger partial charge < -0.3 is 9.47 Å². The minimum atomic E-state index is -0.293. The molecular formula is C19H27NO2. The summed E-state index contributed by atoms with van der Waals surface area (Å²) in [5.74, 6) is 0.497. The Balaban J connectivity index is 1.78. The predicted molar refractivity (Wildman–Crippen MR) is 87.3 cm³/mol. The molecule has 120 valence electrons. The van der Waals surface area contributed by atoms with Gasteiger partial charge in [0, 0.05) is 11.5 Å². The summed E-state index contributed by atoms with van der Waals surface area (Å²) < 4.78 is 11.9. The first kappa shape index (κ1) is 17.0. The van der Waals surface area contributed by atoms with E-state index in [0.717, 1.165) is 12.2 Å². The second kappa shape index (κ2) is 8.92. The van der Waals surface area contributed by atoms with Crippen LogP contribution in [-0.4, -0.2) is 12.7 Å². The zero-order valence-corrected chi connectivity index (χ0v) is 13.8. The highest BCUT2D eigenvalue weighted by Gasteiger charge is 2.29. The van der Waals surface area contributed by atoms with Gasteiger partial charge in [0.1, 0.15) is 0 Å². The Kier molecular flexibility index (Phi) is 6.89. The molecule has 0 radical (unpaired) electrons. The summed E-state index contributed by atoms with van der Waals surface area (Å²) in [6, 6.07) is 9.59. The summed E-state index contributed by atoms with van der Waals surface area (Å²) >= 11 is 0. The second-order valence-corrected chi connectivity index (χ2v) is 6.20. The number of rotatable bonds is 7. The van der Waals surface area contributed by atoms with E-state index in [-0.39, 0.29) is 12.4 Å². The quantitative estimate of drug-likeness (QED) is 0.668. The minimum absolute atomic E-state index is 0.223. The lowest BCUT2D eigenvalue weighted by atomic mass is 9.95. The largest absolute Gasteiger partial charge is 0.348 e. The number of nitrogens with zero attached hydrogens (tertiary/aromatic N) is 1. The number of nitriles is 1. The van der Waals surface area contributed by atoms with E-state index in [9.17, 15) is 0 Å². The zero-order chi connectivity index (χ0) is 15.8. The third-order valence-corrected chi connectivity index (χ3v) is 4.45. The van der Waals surface area contributed by atoms with Crippen LogP contribution in [0.4, 0.5) is 0 Å². The molecule has 1 aliphatic heterocycles. The molecular weight excluding hydrogens is 274 g/mol. The van der Waals surface area contributed by atoms with Gasteiger partial charge in [0.15, 0.2) is 6.29 Å². The molecule has 0 spiro atoms. The third-order valence-electron chi connectivity index (χ3n) is 4.45. The van der Waals surface area contributed by atoms with Crippen molar-refractivity contribution < 1.29 is 9.47 Å². The highest BCUT2D eigenvalue weighted by atomic mass is 16.7. The Morgan fingerprint density at radius 3 is 2.50 bits per heavy atom. The highest BCUT2D eigenvalue weighted by Crippen LogP contribution is 2.31. The molecule has 0 bridgehead atoms. The van der Waals surface area contributed by atoms with E-state index in [0.29, 0.717) is 11.5 Å². The summed E-state index contributed by atoms with van der Waals surface area (Å²) in [4.78, 5) is 0. The predicted octanol–water partition coefficient (Wildman–Crippen LogP) is 4.97. The molecule has 1 aromatic carbocycles. The van der Waals surface area contributed by atoms with Crippen LogP contribution in [0.15, 0.2) is 24.3 Å². The van der Waals surface area contributed by atoms with Crippen LogP contribution in [-0.2, 0) is 9.47 Å². The SMILES string of the molecule is CCCCCCCC1COC(c2ccc(C#N)cc2)OC1C. The molecule has 1 aromatic rings. The van der Waals surface area contributed by atoms with Gasteiger partial charge in [-0.15, -0.1) is 0 Å². The molecule has 22 heavy (non-hydrogen) atoms. The van der Waals surface area contributed by atoms with Crippen molar-refractivity contribution in [2.75, 3.05) is 6.61 Å². The van der Waals surface area contributed by atoms with E-state index in [1.54, 1.807) is 0 Å². The average Bonchev–Trinajstić information content (AvgIpc) is 2.56. The van der Waals surface area contributed by atoms with E-state index in [1.165, 1.54) is 38.5 Å². The van der Waals surface area contributed by atoms with Crippen LogP contribution >= 0.6 is 0 Å². The van der Waals surface area contributed by atoms with Crippen LogP contribution in [0.2, 0.25) is 0 Å². The van der Waals surface area contributed by atoms with Crippen molar-refractivity contribution in [1.82, 2.24) is 0 Å². The van der Waals surface area contributed by atoms with Crippen molar-refractivity contribution in [2.45, 2.75) is 64.8 Å². The van der Waals surface area contributed by atoms with Crippen molar-refractivity contribution in [2.24, 2.45) is 5.92 Å². The molecule has 3 unspecified atom stereocenters. The second-order valence-electron chi connectivity index (χ2n) is 6.20. The van der Waals surface area contributed by atoms with E-state index in [2.05, 4.69) is 19.9 Å². The van der Waals surface area contributed by atoms with Crippen molar-refractivity contribution in [3.63, 3.8) is 0 Å².